The Labute approximate surface area is 145 Å². The highest BCUT2D eigenvalue weighted by atomic mass is 16.5. The van der Waals surface area contributed by atoms with E-state index in [1.807, 2.05) is 25.1 Å². The summed E-state index contributed by atoms with van der Waals surface area (Å²) >= 11 is 0. The Morgan fingerprint density at radius 3 is 3.00 bits per heavy atom. The topological polar surface area (TPSA) is 89.1 Å². The van der Waals surface area contributed by atoms with Gasteiger partial charge in [0.25, 0.3) is 0 Å². The number of hydrogen-bond acceptors (Lipinski definition) is 5. The normalized spacial score (nSPS) is 10.8. The van der Waals surface area contributed by atoms with E-state index in [4.69, 9.17) is 9.47 Å². The van der Waals surface area contributed by atoms with Crippen LogP contribution in [0.4, 0.5) is 0 Å². The van der Waals surface area contributed by atoms with E-state index in [0.29, 0.717) is 18.1 Å². The Bertz CT molecular complexity index is 876. The van der Waals surface area contributed by atoms with E-state index in [0.717, 1.165) is 22.3 Å². The van der Waals surface area contributed by atoms with E-state index in [-0.39, 0.29) is 19.1 Å². The molecule has 0 spiro atoms. The number of aromatic amines is 1. The van der Waals surface area contributed by atoms with Crippen LogP contribution in [0.2, 0.25) is 0 Å². The summed E-state index contributed by atoms with van der Waals surface area (Å²) in [5.74, 6) is 1.19. The second-order valence-corrected chi connectivity index (χ2v) is 5.61. The van der Waals surface area contributed by atoms with Crippen molar-refractivity contribution in [3.63, 3.8) is 0 Å². The molecule has 0 bridgehead atoms. The molecule has 3 aromatic rings. The third-order valence-electron chi connectivity index (χ3n) is 3.73. The van der Waals surface area contributed by atoms with Gasteiger partial charge in [-0.15, -0.1) is 0 Å². The predicted molar refractivity (Wildman–Crippen MR) is 93.1 cm³/mol. The largest absolute Gasteiger partial charge is 0.497 e. The molecule has 7 nitrogen and oxygen atoms in total. The van der Waals surface area contributed by atoms with Gasteiger partial charge in [0, 0.05) is 12.3 Å². The molecule has 0 aliphatic carbocycles. The first kappa shape index (κ1) is 16.9. The molecule has 2 aromatic heterocycles. The second kappa shape index (κ2) is 7.76. The van der Waals surface area contributed by atoms with Crippen molar-refractivity contribution in [3.05, 3.63) is 53.6 Å². The summed E-state index contributed by atoms with van der Waals surface area (Å²) in [5, 5.41) is 2.76. The van der Waals surface area contributed by atoms with Gasteiger partial charge in [-0.2, -0.15) is 0 Å². The van der Waals surface area contributed by atoms with E-state index in [9.17, 15) is 4.79 Å². The summed E-state index contributed by atoms with van der Waals surface area (Å²) in [6.45, 7) is 2.54. The van der Waals surface area contributed by atoms with Crippen LogP contribution in [0.5, 0.6) is 5.75 Å². The summed E-state index contributed by atoms with van der Waals surface area (Å²) in [4.78, 5) is 23.7. The molecule has 1 amide bonds. The monoisotopic (exact) mass is 340 g/mol. The number of aryl methyl sites for hydroxylation is 1. The molecule has 0 fully saturated rings. The van der Waals surface area contributed by atoms with Crippen molar-refractivity contribution < 1.29 is 14.3 Å². The van der Waals surface area contributed by atoms with Crippen molar-refractivity contribution in [1.29, 1.82) is 0 Å². The van der Waals surface area contributed by atoms with Gasteiger partial charge in [-0.1, -0.05) is 12.1 Å². The van der Waals surface area contributed by atoms with E-state index in [2.05, 4.69) is 20.3 Å². The average Bonchev–Trinajstić information content (AvgIpc) is 3.04. The lowest BCUT2D eigenvalue weighted by atomic mass is 10.2. The molecule has 0 unspecified atom stereocenters. The van der Waals surface area contributed by atoms with Crippen molar-refractivity contribution in [3.8, 4) is 5.75 Å². The number of methoxy groups -OCH3 is 1. The molecule has 7 heteroatoms. The van der Waals surface area contributed by atoms with E-state index < -0.39 is 0 Å². The number of imidazole rings is 1. The van der Waals surface area contributed by atoms with Crippen LogP contribution in [0, 0.1) is 6.92 Å². The van der Waals surface area contributed by atoms with Gasteiger partial charge in [0.1, 0.15) is 24.8 Å². The molecule has 1 aromatic carbocycles. The summed E-state index contributed by atoms with van der Waals surface area (Å²) in [6.07, 6.45) is 1.64. The number of carbonyl (C=O) groups is 1. The van der Waals surface area contributed by atoms with Gasteiger partial charge < -0.3 is 19.8 Å². The Hall–Kier alpha value is -2.93. The third kappa shape index (κ3) is 4.33. The zero-order chi connectivity index (χ0) is 17.6. The first-order valence-corrected chi connectivity index (χ1v) is 7.93. The molecule has 130 valence electrons. The maximum atomic E-state index is 11.9. The summed E-state index contributed by atoms with van der Waals surface area (Å²) in [6, 6.07) is 9.47. The maximum absolute atomic E-state index is 11.9. The average molecular weight is 340 g/mol. The molecule has 0 atom stereocenters. The number of nitrogens with zero attached hydrogens (tertiary/aromatic N) is 2. The number of carbonyl (C=O) groups excluding carboxylic acids is 1. The molecular formula is C18H20N4O3. The molecule has 3 rings (SSSR count). The lowest BCUT2D eigenvalue weighted by Crippen LogP contribution is -2.27. The number of benzene rings is 1. The highest BCUT2D eigenvalue weighted by molar-refractivity contribution is 5.78. The SMILES string of the molecule is COc1ccnc(CNC(=O)COCc2nc3c(C)cccc3[nH]2)c1. The van der Waals surface area contributed by atoms with E-state index in [1.54, 1.807) is 25.4 Å². The van der Waals surface area contributed by atoms with Crippen molar-refractivity contribution in [2.45, 2.75) is 20.1 Å². The van der Waals surface area contributed by atoms with Crippen LogP contribution in [0.1, 0.15) is 17.1 Å². The number of ether oxygens (including phenoxy) is 2. The molecule has 0 aliphatic heterocycles. The van der Waals surface area contributed by atoms with Crippen LogP contribution < -0.4 is 10.1 Å². The number of H-pyrrole nitrogens is 1. The number of pyridine rings is 1. The van der Waals surface area contributed by atoms with E-state index >= 15 is 0 Å². The number of hydrogen-bond donors (Lipinski definition) is 2. The molecular weight excluding hydrogens is 320 g/mol. The standard InChI is InChI=1S/C18H20N4O3/c1-12-4-3-5-15-18(12)22-16(21-15)10-25-11-17(23)20-9-13-8-14(24-2)6-7-19-13/h3-8H,9-11H2,1-2H3,(H,20,23)(H,21,22). The zero-order valence-corrected chi connectivity index (χ0v) is 14.2. The maximum Gasteiger partial charge on any atom is 0.246 e. The van der Waals surface area contributed by atoms with Crippen LogP contribution in [0.3, 0.4) is 0 Å². The minimum Gasteiger partial charge on any atom is -0.497 e. The molecule has 0 aliphatic rings. The summed E-state index contributed by atoms with van der Waals surface area (Å²) in [7, 11) is 1.59. The van der Waals surface area contributed by atoms with Gasteiger partial charge in [-0.25, -0.2) is 4.98 Å². The van der Waals surface area contributed by atoms with Crippen LogP contribution in [0.25, 0.3) is 11.0 Å². The van der Waals surface area contributed by atoms with Crippen molar-refractivity contribution >= 4 is 16.9 Å². The van der Waals surface area contributed by atoms with Gasteiger partial charge in [0.2, 0.25) is 5.91 Å². The fourth-order valence-corrected chi connectivity index (χ4v) is 2.46. The number of aromatic nitrogens is 3. The van der Waals surface area contributed by atoms with Gasteiger partial charge in [-0.05, 0) is 24.6 Å². The van der Waals surface area contributed by atoms with Crippen molar-refractivity contribution in [2.24, 2.45) is 0 Å². The Morgan fingerprint density at radius 2 is 2.20 bits per heavy atom. The van der Waals surface area contributed by atoms with Gasteiger partial charge in [0.05, 0.1) is 30.4 Å². The smallest absolute Gasteiger partial charge is 0.246 e. The van der Waals surface area contributed by atoms with Crippen LogP contribution in [-0.4, -0.2) is 34.6 Å². The Balaban J connectivity index is 1.46. The second-order valence-electron chi connectivity index (χ2n) is 5.61. The van der Waals surface area contributed by atoms with Gasteiger partial charge in [0.15, 0.2) is 0 Å². The van der Waals surface area contributed by atoms with Crippen LogP contribution in [-0.2, 0) is 22.7 Å². The fourth-order valence-electron chi connectivity index (χ4n) is 2.46. The highest BCUT2D eigenvalue weighted by Gasteiger charge is 2.07. The van der Waals surface area contributed by atoms with Crippen molar-refractivity contribution in [1.82, 2.24) is 20.3 Å². The molecule has 2 N–H and O–H groups in total. The number of para-hydroxylation sites is 1. The Morgan fingerprint density at radius 1 is 1.32 bits per heavy atom. The van der Waals surface area contributed by atoms with Crippen LogP contribution >= 0.6 is 0 Å². The van der Waals surface area contributed by atoms with Crippen LogP contribution in [0.15, 0.2) is 36.5 Å². The molecule has 0 saturated carbocycles. The number of rotatable bonds is 7. The molecule has 25 heavy (non-hydrogen) atoms. The lowest BCUT2D eigenvalue weighted by Gasteiger charge is -2.06. The summed E-state index contributed by atoms with van der Waals surface area (Å²) < 4.78 is 10.6. The minimum absolute atomic E-state index is 0.0417. The zero-order valence-electron chi connectivity index (χ0n) is 14.2. The first-order chi connectivity index (χ1) is 12.2. The lowest BCUT2D eigenvalue weighted by molar-refractivity contribution is -0.126. The molecule has 0 radical (unpaired) electrons. The minimum atomic E-state index is -0.211. The van der Waals surface area contributed by atoms with Gasteiger partial charge >= 0.3 is 0 Å². The quantitative estimate of drug-likeness (QED) is 0.687. The molecule has 0 saturated heterocycles. The highest BCUT2D eigenvalue weighted by Crippen LogP contribution is 2.15. The van der Waals surface area contributed by atoms with Gasteiger partial charge in [-0.3, -0.25) is 9.78 Å². The number of fused-ring (bicyclic) bond motifs is 1. The van der Waals surface area contributed by atoms with E-state index in [1.165, 1.54) is 0 Å². The third-order valence-corrected chi connectivity index (χ3v) is 3.73. The fraction of sp³-hybridized carbons (Fsp3) is 0.278. The number of nitrogens with one attached hydrogen (secondary N) is 2. The molecule has 2 heterocycles. The Kier molecular flexibility index (Phi) is 5.25. The van der Waals surface area contributed by atoms with Crippen molar-refractivity contribution in [2.75, 3.05) is 13.7 Å². The predicted octanol–water partition coefficient (Wildman–Crippen LogP) is 2.11. The number of amides is 1. The summed E-state index contributed by atoms with van der Waals surface area (Å²) in [5.41, 5.74) is 3.71. The first-order valence-electron chi connectivity index (χ1n) is 7.93.